The first-order valence-corrected chi connectivity index (χ1v) is 5.55. The van der Waals surface area contributed by atoms with E-state index in [9.17, 15) is 13.9 Å². The van der Waals surface area contributed by atoms with E-state index in [1.807, 2.05) is 6.92 Å². The molecular formula is C12H17F2NO2. The standard InChI is InChI=1S/C12H17F2NO2/c1-2-15(6-7-16)8-11(17)12-9(13)4-3-5-10(12)14/h3-5,11,16-17H,2,6-8H2,1H3. The average molecular weight is 245 g/mol. The van der Waals surface area contributed by atoms with Crippen LogP contribution in [-0.2, 0) is 0 Å². The van der Waals surface area contributed by atoms with E-state index >= 15 is 0 Å². The Labute approximate surface area is 99.3 Å². The van der Waals surface area contributed by atoms with E-state index in [0.717, 1.165) is 12.1 Å². The lowest BCUT2D eigenvalue weighted by Crippen LogP contribution is -2.31. The summed E-state index contributed by atoms with van der Waals surface area (Å²) >= 11 is 0. The summed E-state index contributed by atoms with van der Waals surface area (Å²) < 4.78 is 26.7. The van der Waals surface area contributed by atoms with Crippen molar-refractivity contribution in [3.05, 3.63) is 35.4 Å². The minimum atomic E-state index is -1.23. The van der Waals surface area contributed by atoms with Crippen molar-refractivity contribution in [1.29, 1.82) is 0 Å². The molecule has 0 radical (unpaired) electrons. The predicted octanol–water partition coefficient (Wildman–Crippen LogP) is 1.31. The van der Waals surface area contributed by atoms with Crippen molar-refractivity contribution in [3.8, 4) is 0 Å². The average Bonchev–Trinajstić information content (AvgIpc) is 2.28. The molecule has 96 valence electrons. The van der Waals surface area contributed by atoms with Crippen LogP contribution < -0.4 is 0 Å². The van der Waals surface area contributed by atoms with Crippen molar-refractivity contribution in [2.45, 2.75) is 13.0 Å². The van der Waals surface area contributed by atoms with Gasteiger partial charge in [-0.2, -0.15) is 0 Å². The number of aliphatic hydroxyl groups is 2. The number of nitrogens with zero attached hydrogens (tertiary/aromatic N) is 1. The zero-order valence-electron chi connectivity index (χ0n) is 9.74. The normalized spacial score (nSPS) is 13.1. The van der Waals surface area contributed by atoms with Gasteiger partial charge in [-0.1, -0.05) is 13.0 Å². The van der Waals surface area contributed by atoms with Crippen LogP contribution in [0.1, 0.15) is 18.6 Å². The van der Waals surface area contributed by atoms with Crippen LogP contribution in [0.5, 0.6) is 0 Å². The second-order valence-corrected chi connectivity index (χ2v) is 3.77. The number of rotatable bonds is 6. The Balaban J connectivity index is 2.78. The van der Waals surface area contributed by atoms with Crippen molar-refractivity contribution in [2.24, 2.45) is 0 Å². The van der Waals surface area contributed by atoms with E-state index in [0.29, 0.717) is 13.1 Å². The third-order valence-corrected chi connectivity index (χ3v) is 2.63. The molecule has 0 spiro atoms. The molecule has 2 N–H and O–H groups in total. The smallest absolute Gasteiger partial charge is 0.131 e. The van der Waals surface area contributed by atoms with Crippen molar-refractivity contribution in [1.82, 2.24) is 4.90 Å². The highest BCUT2D eigenvalue weighted by atomic mass is 19.1. The Morgan fingerprint density at radius 3 is 2.35 bits per heavy atom. The third kappa shape index (κ3) is 3.73. The first kappa shape index (κ1) is 14.0. The van der Waals surface area contributed by atoms with Crippen LogP contribution in [0.25, 0.3) is 0 Å². The summed E-state index contributed by atoms with van der Waals surface area (Å²) in [6.45, 7) is 2.84. The summed E-state index contributed by atoms with van der Waals surface area (Å²) in [4.78, 5) is 1.72. The maximum atomic E-state index is 13.4. The van der Waals surface area contributed by atoms with Crippen molar-refractivity contribution in [3.63, 3.8) is 0 Å². The molecule has 1 rings (SSSR count). The molecule has 17 heavy (non-hydrogen) atoms. The first-order chi connectivity index (χ1) is 8.10. The van der Waals surface area contributed by atoms with Crippen LogP contribution in [0.3, 0.4) is 0 Å². The van der Waals surface area contributed by atoms with Crippen molar-refractivity contribution >= 4 is 0 Å². The molecule has 3 nitrogen and oxygen atoms in total. The lowest BCUT2D eigenvalue weighted by atomic mass is 10.1. The van der Waals surface area contributed by atoms with Crippen molar-refractivity contribution in [2.75, 3.05) is 26.2 Å². The molecule has 0 bridgehead atoms. The van der Waals surface area contributed by atoms with Crippen LogP contribution in [0.2, 0.25) is 0 Å². The SMILES string of the molecule is CCN(CCO)CC(O)c1c(F)cccc1F. The second-order valence-electron chi connectivity index (χ2n) is 3.77. The number of benzene rings is 1. The van der Waals surface area contributed by atoms with Gasteiger partial charge in [0, 0.05) is 13.1 Å². The fraction of sp³-hybridized carbons (Fsp3) is 0.500. The van der Waals surface area contributed by atoms with E-state index in [1.54, 1.807) is 4.90 Å². The predicted molar refractivity (Wildman–Crippen MR) is 60.5 cm³/mol. The maximum absolute atomic E-state index is 13.4. The third-order valence-electron chi connectivity index (χ3n) is 2.63. The molecule has 0 heterocycles. The maximum Gasteiger partial charge on any atom is 0.131 e. The fourth-order valence-corrected chi connectivity index (χ4v) is 1.68. The van der Waals surface area contributed by atoms with Crippen LogP contribution in [0.15, 0.2) is 18.2 Å². The monoisotopic (exact) mass is 245 g/mol. The number of hydrogen-bond acceptors (Lipinski definition) is 3. The molecule has 1 unspecified atom stereocenters. The van der Waals surface area contributed by atoms with Gasteiger partial charge in [-0.25, -0.2) is 8.78 Å². The highest BCUT2D eigenvalue weighted by molar-refractivity contribution is 5.22. The molecule has 0 saturated carbocycles. The van der Waals surface area contributed by atoms with Crippen LogP contribution in [0.4, 0.5) is 8.78 Å². The zero-order valence-corrected chi connectivity index (χ0v) is 9.74. The Hall–Kier alpha value is -1.04. The quantitative estimate of drug-likeness (QED) is 0.794. The van der Waals surface area contributed by atoms with Gasteiger partial charge in [0.15, 0.2) is 0 Å². The lowest BCUT2D eigenvalue weighted by molar-refractivity contribution is 0.0978. The molecular weight excluding hydrogens is 228 g/mol. The van der Waals surface area contributed by atoms with Gasteiger partial charge in [-0.05, 0) is 18.7 Å². The van der Waals surface area contributed by atoms with Crippen molar-refractivity contribution < 1.29 is 19.0 Å². The van der Waals surface area contributed by atoms with E-state index in [4.69, 9.17) is 5.11 Å². The Morgan fingerprint density at radius 1 is 1.29 bits per heavy atom. The van der Waals surface area contributed by atoms with Gasteiger partial charge in [-0.15, -0.1) is 0 Å². The molecule has 0 saturated heterocycles. The van der Waals surface area contributed by atoms with Gasteiger partial charge >= 0.3 is 0 Å². The lowest BCUT2D eigenvalue weighted by Gasteiger charge is -2.23. The first-order valence-electron chi connectivity index (χ1n) is 5.55. The summed E-state index contributed by atoms with van der Waals surface area (Å²) in [5.74, 6) is -1.50. The van der Waals surface area contributed by atoms with E-state index in [1.165, 1.54) is 6.07 Å². The fourth-order valence-electron chi connectivity index (χ4n) is 1.68. The minimum Gasteiger partial charge on any atom is -0.395 e. The topological polar surface area (TPSA) is 43.7 Å². The van der Waals surface area contributed by atoms with E-state index in [2.05, 4.69) is 0 Å². The summed E-state index contributed by atoms with van der Waals surface area (Å²) in [6, 6.07) is 3.49. The molecule has 1 aromatic rings. The molecule has 0 amide bonds. The molecule has 0 aliphatic carbocycles. The van der Waals surface area contributed by atoms with E-state index < -0.39 is 17.7 Å². The largest absolute Gasteiger partial charge is 0.395 e. The summed E-state index contributed by atoms with van der Waals surface area (Å²) in [5, 5.41) is 18.6. The molecule has 0 fully saturated rings. The number of halogens is 2. The van der Waals surface area contributed by atoms with Gasteiger partial charge < -0.3 is 10.2 Å². The van der Waals surface area contributed by atoms with Gasteiger partial charge in [0.25, 0.3) is 0 Å². The van der Waals surface area contributed by atoms with E-state index in [-0.39, 0.29) is 18.7 Å². The number of hydrogen-bond donors (Lipinski definition) is 2. The summed E-state index contributed by atoms with van der Waals surface area (Å²) in [7, 11) is 0. The molecule has 1 aromatic carbocycles. The van der Waals surface area contributed by atoms with Crippen LogP contribution >= 0.6 is 0 Å². The summed E-state index contributed by atoms with van der Waals surface area (Å²) in [6.07, 6.45) is -1.23. The zero-order chi connectivity index (χ0) is 12.8. The Bertz CT molecular complexity index is 340. The highest BCUT2D eigenvalue weighted by Crippen LogP contribution is 2.21. The number of aliphatic hydroxyl groups excluding tert-OH is 2. The summed E-state index contributed by atoms with van der Waals surface area (Å²) in [5.41, 5.74) is -0.316. The molecule has 0 aliphatic heterocycles. The minimum absolute atomic E-state index is 0.0552. The highest BCUT2D eigenvalue weighted by Gasteiger charge is 2.19. The second kappa shape index (κ2) is 6.64. The molecule has 0 aromatic heterocycles. The molecule has 0 aliphatic rings. The molecule has 1 atom stereocenters. The van der Waals surface area contributed by atoms with Crippen LogP contribution in [-0.4, -0.2) is 41.4 Å². The number of likely N-dealkylation sites (N-methyl/N-ethyl adjacent to an activating group) is 1. The molecule has 5 heteroatoms. The van der Waals surface area contributed by atoms with Gasteiger partial charge in [0.05, 0.1) is 18.3 Å². The van der Waals surface area contributed by atoms with Gasteiger partial charge in [-0.3, -0.25) is 4.90 Å². The Morgan fingerprint density at radius 2 is 1.88 bits per heavy atom. The Kier molecular flexibility index (Phi) is 5.47. The van der Waals surface area contributed by atoms with Gasteiger partial charge in [0.2, 0.25) is 0 Å². The van der Waals surface area contributed by atoms with Gasteiger partial charge in [0.1, 0.15) is 11.6 Å². The van der Waals surface area contributed by atoms with Crippen LogP contribution in [0, 0.1) is 11.6 Å².